The summed E-state index contributed by atoms with van der Waals surface area (Å²) < 4.78 is 7.33. The Bertz CT molecular complexity index is 997. The molecule has 3 aromatic rings. The van der Waals surface area contributed by atoms with Crippen molar-refractivity contribution in [1.29, 1.82) is 0 Å². The molecule has 5 nitrogen and oxygen atoms in total. The highest BCUT2D eigenvalue weighted by molar-refractivity contribution is 8.00. The quantitative estimate of drug-likeness (QED) is 0.685. The zero-order valence-electron chi connectivity index (χ0n) is 16.1. The summed E-state index contributed by atoms with van der Waals surface area (Å²) in [5.74, 6) is 0.778. The molecule has 0 saturated carbocycles. The summed E-state index contributed by atoms with van der Waals surface area (Å²) in [7, 11) is 1.65. The van der Waals surface area contributed by atoms with Crippen molar-refractivity contribution >= 4 is 23.4 Å². The molecule has 2 aromatic carbocycles. The molecule has 28 heavy (non-hydrogen) atoms. The number of amides is 1. The van der Waals surface area contributed by atoms with Gasteiger partial charge in [0, 0.05) is 11.4 Å². The van der Waals surface area contributed by atoms with Crippen LogP contribution in [0.25, 0.3) is 0 Å². The average molecular weight is 394 g/mol. The molecule has 0 fully saturated rings. The minimum atomic E-state index is -0.310. The number of ether oxygens (including phenoxy) is 1. The minimum Gasteiger partial charge on any atom is -0.497 e. The van der Waals surface area contributed by atoms with E-state index in [1.165, 1.54) is 0 Å². The van der Waals surface area contributed by atoms with E-state index in [0.29, 0.717) is 0 Å². The Morgan fingerprint density at radius 2 is 1.89 bits per heavy atom. The molecule has 1 aliphatic heterocycles. The molecular formula is C22H23N3O2S. The van der Waals surface area contributed by atoms with E-state index in [1.807, 2.05) is 61.5 Å². The number of benzene rings is 2. The number of methoxy groups -OCH3 is 1. The van der Waals surface area contributed by atoms with Gasteiger partial charge in [0.1, 0.15) is 11.0 Å². The minimum absolute atomic E-state index is 0.0194. The van der Waals surface area contributed by atoms with Gasteiger partial charge >= 0.3 is 0 Å². The standard InChI is InChI=1S/C22H23N3O2S/c1-14-5-4-6-17(13-14)23-22(26)21-20(16-8-10-18(27-3)11-9-16)24-25-15(2)7-12-19(25)28-21/h4-13,20-21,24H,1-3H3,(H,23,26)/t20-,21-/m0/s1. The number of nitrogens with zero attached hydrogens (tertiary/aromatic N) is 1. The van der Waals surface area contributed by atoms with Crippen LogP contribution >= 0.6 is 11.8 Å². The van der Waals surface area contributed by atoms with E-state index in [-0.39, 0.29) is 17.2 Å². The van der Waals surface area contributed by atoms with E-state index in [2.05, 4.69) is 28.4 Å². The van der Waals surface area contributed by atoms with Gasteiger partial charge in [0.05, 0.1) is 18.2 Å². The van der Waals surface area contributed by atoms with Crippen LogP contribution in [0.5, 0.6) is 5.75 Å². The highest BCUT2D eigenvalue weighted by Gasteiger charge is 2.36. The summed E-state index contributed by atoms with van der Waals surface area (Å²) in [5, 5.41) is 3.80. The van der Waals surface area contributed by atoms with Gasteiger partial charge in [-0.2, -0.15) is 0 Å². The first kappa shape index (κ1) is 18.5. The maximum Gasteiger partial charge on any atom is 0.240 e. The van der Waals surface area contributed by atoms with Gasteiger partial charge in [0.2, 0.25) is 5.91 Å². The van der Waals surface area contributed by atoms with Crippen LogP contribution < -0.4 is 15.5 Å². The number of anilines is 1. The maximum absolute atomic E-state index is 13.2. The molecule has 1 amide bonds. The van der Waals surface area contributed by atoms with Crippen LogP contribution in [0.2, 0.25) is 0 Å². The highest BCUT2D eigenvalue weighted by atomic mass is 32.2. The van der Waals surface area contributed by atoms with Gasteiger partial charge in [-0.1, -0.05) is 36.0 Å². The maximum atomic E-state index is 13.2. The van der Waals surface area contributed by atoms with Gasteiger partial charge in [0.15, 0.2) is 0 Å². The molecule has 0 unspecified atom stereocenters. The topological polar surface area (TPSA) is 55.3 Å². The Labute approximate surface area is 169 Å². The second kappa shape index (κ2) is 7.64. The lowest BCUT2D eigenvalue weighted by molar-refractivity contribution is -0.116. The van der Waals surface area contributed by atoms with E-state index in [9.17, 15) is 4.79 Å². The third kappa shape index (κ3) is 3.60. The molecule has 0 spiro atoms. The number of carbonyl (C=O) groups excluding carboxylic acids is 1. The summed E-state index contributed by atoms with van der Waals surface area (Å²) in [5.41, 5.74) is 7.60. The first-order valence-electron chi connectivity index (χ1n) is 9.18. The van der Waals surface area contributed by atoms with Crippen molar-refractivity contribution in [1.82, 2.24) is 4.68 Å². The van der Waals surface area contributed by atoms with Gasteiger partial charge in [-0.25, -0.2) is 0 Å². The van der Waals surface area contributed by atoms with E-state index < -0.39 is 0 Å². The fraction of sp³-hybridized carbons (Fsp3) is 0.227. The second-order valence-corrected chi connectivity index (χ2v) is 8.09. The van der Waals surface area contributed by atoms with Crippen LogP contribution in [0.3, 0.4) is 0 Å². The zero-order chi connectivity index (χ0) is 19.7. The molecular weight excluding hydrogens is 370 g/mol. The van der Waals surface area contributed by atoms with Crippen molar-refractivity contribution in [2.75, 3.05) is 17.9 Å². The third-order valence-corrected chi connectivity index (χ3v) is 6.18. The lowest BCUT2D eigenvalue weighted by Crippen LogP contribution is -2.41. The van der Waals surface area contributed by atoms with Crippen molar-refractivity contribution in [2.24, 2.45) is 0 Å². The van der Waals surface area contributed by atoms with Crippen molar-refractivity contribution in [3.8, 4) is 5.75 Å². The van der Waals surface area contributed by atoms with Gasteiger partial charge < -0.3 is 15.5 Å². The number of aryl methyl sites for hydroxylation is 2. The highest BCUT2D eigenvalue weighted by Crippen LogP contribution is 2.39. The summed E-state index contributed by atoms with van der Waals surface area (Å²) in [4.78, 5) is 13.2. The lowest BCUT2D eigenvalue weighted by Gasteiger charge is -2.34. The first-order valence-corrected chi connectivity index (χ1v) is 10.1. The zero-order valence-corrected chi connectivity index (χ0v) is 16.9. The van der Waals surface area contributed by atoms with Crippen LogP contribution in [0.1, 0.15) is 22.9 Å². The lowest BCUT2D eigenvalue weighted by atomic mass is 10.0. The number of hydrogen-bond donors (Lipinski definition) is 2. The van der Waals surface area contributed by atoms with Gasteiger partial charge in [-0.05, 0) is 61.4 Å². The van der Waals surface area contributed by atoms with Crippen LogP contribution in [0.15, 0.2) is 65.7 Å². The Hall–Kier alpha value is -2.86. The molecule has 0 saturated heterocycles. The van der Waals surface area contributed by atoms with Gasteiger partial charge in [-0.15, -0.1) is 0 Å². The molecule has 2 N–H and O–H groups in total. The molecule has 6 heteroatoms. The number of aromatic nitrogens is 1. The predicted molar refractivity (Wildman–Crippen MR) is 114 cm³/mol. The van der Waals surface area contributed by atoms with Crippen molar-refractivity contribution in [3.05, 3.63) is 77.5 Å². The summed E-state index contributed by atoms with van der Waals surface area (Å²) in [6.07, 6.45) is 0. The van der Waals surface area contributed by atoms with Gasteiger partial charge in [0.25, 0.3) is 0 Å². The summed E-state index contributed by atoms with van der Waals surface area (Å²) in [6.45, 7) is 4.07. The van der Waals surface area contributed by atoms with E-state index in [4.69, 9.17) is 4.74 Å². The number of fused-ring (bicyclic) bond motifs is 1. The largest absolute Gasteiger partial charge is 0.497 e. The third-order valence-electron chi connectivity index (χ3n) is 4.88. The van der Waals surface area contributed by atoms with E-state index in [1.54, 1.807) is 18.9 Å². The van der Waals surface area contributed by atoms with Crippen LogP contribution in [0.4, 0.5) is 5.69 Å². The van der Waals surface area contributed by atoms with Crippen molar-refractivity contribution in [2.45, 2.75) is 30.2 Å². The fourth-order valence-electron chi connectivity index (χ4n) is 3.38. The normalized spacial score (nSPS) is 18.1. The number of hydrogen-bond acceptors (Lipinski definition) is 4. The number of nitrogens with one attached hydrogen (secondary N) is 2. The first-order chi connectivity index (χ1) is 13.5. The Morgan fingerprint density at radius 1 is 1.11 bits per heavy atom. The van der Waals surface area contributed by atoms with Crippen LogP contribution in [-0.4, -0.2) is 22.9 Å². The number of rotatable bonds is 4. The average Bonchev–Trinajstić information content (AvgIpc) is 3.07. The molecule has 2 heterocycles. The van der Waals surface area contributed by atoms with Crippen molar-refractivity contribution < 1.29 is 9.53 Å². The molecule has 144 valence electrons. The number of carbonyl (C=O) groups is 1. The SMILES string of the molecule is COc1ccc([C@@H]2Nn3c(C)ccc3S[C@@H]2C(=O)Nc2cccc(C)c2)cc1. The second-order valence-electron chi connectivity index (χ2n) is 6.93. The molecule has 2 atom stereocenters. The Morgan fingerprint density at radius 3 is 2.61 bits per heavy atom. The Kier molecular flexibility index (Phi) is 5.05. The van der Waals surface area contributed by atoms with E-state index >= 15 is 0 Å². The van der Waals surface area contributed by atoms with E-state index in [0.717, 1.165) is 33.3 Å². The van der Waals surface area contributed by atoms with Crippen molar-refractivity contribution in [3.63, 3.8) is 0 Å². The fourth-order valence-corrected chi connectivity index (χ4v) is 4.61. The molecule has 1 aromatic heterocycles. The van der Waals surface area contributed by atoms with Crippen LogP contribution in [-0.2, 0) is 4.79 Å². The smallest absolute Gasteiger partial charge is 0.240 e. The molecule has 0 aliphatic carbocycles. The predicted octanol–water partition coefficient (Wildman–Crippen LogP) is 4.51. The summed E-state index contributed by atoms with van der Waals surface area (Å²) in [6, 6.07) is 19.7. The number of thioether (sulfide) groups is 1. The van der Waals surface area contributed by atoms with Crippen LogP contribution in [0, 0.1) is 13.8 Å². The summed E-state index contributed by atoms with van der Waals surface area (Å²) >= 11 is 1.58. The molecule has 1 aliphatic rings. The Balaban J connectivity index is 1.65. The molecule has 4 rings (SSSR count). The molecule has 0 radical (unpaired) electrons. The molecule has 0 bridgehead atoms. The monoisotopic (exact) mass is 393 g/mol. The van der Waals surface area contributed by atoms with Gasteiger partial charge in [-0.3, -0.25) is 9.47 Å².